The van der Waals surface area contributed by atoms with Crippen molar-refractivity contribution in [3.63, 3.8) is 0 Å². The van der Waals surface area contributed by atoms with E-state index in [1.165, 1.54) is 0 Å². The first-order valence-electron chi connectivity index (χ1n) is 5.53. The normalized spacial score (nSPS) is 12.9. The van der Waals surface area contributed by atoms with Crippen molar-refractivity contribution in [2.24, 2.45) is 11.3 Å². The molecule has 0 saturated heterocycles. The molecule has 5 nitrogen and oxygen atoms in total. The maximum Gasteiger partial charge on any atom is 0.314 e. The number of carboxylic acid groups (broad SMARTS) is 1. The van der Waals surface area contributed by atoms with E-state index in [4.69, 9.17) is 5.11 Å². The molecule has 0 aliphatic heterocycles. The molecule has 0 rings (SSSR count). The average Bonchev–Trinajstić information content (AvgIpc) is 2.24. The van der Waals surface area contributed by atoms with Crippen molar-refractivity contribution < 1.29 is 14.7 Å². The Balaban J connectivity index is 3.84. The van der Waals surface area contributed by atoms with Crippen molar-refractivity contribution in [3.05, 3.63) is 0 Å². The summed E-state index contributed by atoms with van der Waals surface area (Å²) < 4.78 is 0. The summed E-state index contributed by atoms with van der Waals surface area (Å²) >= 11 is 1.73. The van der Waals surface area contributed by atoms with Gasteiger partial charge in [-0.25, -0.2) is 4.79 Å². The quantitative estimate of drug-likeness (QED) is 0.648. The van der Waals surface area contributed by atoms with E-state index in [0.29, 0.717) is 12.5 Å². The highest BCUT2D eigenvalue weighted by molar-refractivity contribution is 7.98. The van der Waals surface area contributed by atoms with Gasteiger partial charge in [-0.15, -0.1) is 0 Å². The number of thioether (sulfide) groups is 1. The van der Waals surface area contributed by atoms with Gasteiger partial charge in [-0.2, -0.15) is 11.8 Å². The van der Waals surface area contributed by atoms with Crippen molar-refractivity contribution in [2.75, 3.05) is 25.1 Å². The van der Waals surface area contributed by atoms with Gasteiger partial charge >= 0.3 is 12.0 Å². The number of aliphatic carboxylic acids is 1. The highest BCUT2D eigenvalue weighted by Crippen LogP contribution is 2.12. The second-order valence-corrected chi connectivity index (χ2v) is 5.72. The zero-order valence-corrected chi connectivity index (χ0v) is 11.7. The molecule has 2 amide bonds. The first kappa shape index (κ1) is 16.1. The summed E-state index contributed by atoms with van der Waals surface area (Å²) in [7, 11) is 0. The molecule has 3 N–H and O–H groups in total. The minimum absolute atomic E-state index is 0.116. The van der Waals surface area contributed by atoms with Crippen LogP contribution in [0.25, 0.3) is 0 Å². The molecule has 0 aromatic rings. The molecule has 0 radical (unpaired) electrons. The van der Waals surface area contributed by atoms with E-state index < -0.39 is 11.4 Å². The first-order chi connectivity index (χ1) is 7.79. The van der Waals surface area contributed by atoms with Crippen LogP contribution in [0.15, 0.2) is 0 Å². The van der Waals surface area contributed by atoms with Crippen LogP contribution in [0.3, 0.4) is 0 Å². The summed E-state index contributed by atoms with van der Waals surface area (Å²) in [5.74, 6) is 0.470. The van der Waals surface area contributed by atoms with Crippen LogP contribution in [0, 0.1) is 11.3 Å². The standard InChI is InChI=1S/C11H22N2O3S/c1-8(6-17-4)5-12-10(16)13-7-11(2,3)9(14)15/h8H,5-7H2,1-4H3,(H,14,15)(H2,12,13,16). The molecule has 1 unspecified atom stereocenters. The van der Waals surface area contributed by atoms with Crippen molar-refractivity contribution in [3.8, 4) is 0 Å². The third-order valence-electron chi connectivity index (χ3n) is 2.33. The number of urea groups is 1. The number of carboxylic acids is 1. The Morgan fingerprint density at radius 2 is 1.94 bits per heavy atom. The molecule has 6 heteroatoms. The Morgan fingerprint density at radius 1 is 1.35 bits per heavy atom. The number of rotatable bonds is 7. The summed E-state index contributed by atoms with van der Waals surface area (Å²) in [6, 6.07) is -0.313. The van der Waals surface area contributed by atoms with E-state index in [2.05, 4.69) is 17.6 Å². The van der Waals surface area contributed by atoms with Gasteiger partial charge in [0, 0.05) is 13.1 Å². The highest BCUT2D eigenvalue weighted by Gasteiger charge is 2.27. The maximum atomic E-state index is 11.4. The van der Waals surface area contributed by atoms with Crippen LogP contribution in [0.4, 0.5) is 4.79 Å². The smallest absolute Gasteiger partial charge is 0.314 e. The summed E-state index contributed by atoms with van der Waals surface area (Å²) in [4.78, 5) is 22.2. The van der Waals surface area contributed by atoms with Gasteiger partial charge < -0.3 is 15.7 Å². The Hall–Kier alpha value is -0.910. The van der Waals surface area contributed by atoms with Crippen LogP contribution in [-0.4, -0.2) is 42.2 Å². The van der Waals surface area contributed by atoms with Gasteiger partial charge in [0.2, 0.25) is 0 Å². The van der Waals surface area contributed by atoms with Crippen LogP contribution in [0.2, 0.25) is 0 Å². The van der Waals surface area contributed by atoms with E-state index >= 15 is 0 Å². The fourth-order valence-corrected chi connectivity index (χ4v) is 1.74. The number of amides is 2. The third kappa shape index (κ3) is 7.10. The number of carbonyl (C=O) groups excluding carboxylic acids is 1. The molecule has 1 atom stereocenters. The van der Waals surface area contributed by atoms with Crippen LogP contribution in [0.5, 0.6) is 0 Å². The number of carbonyl (C=O) groups is 2. The van der Waals surface area contributed by atoms with Gasteiger partial charge in [0.15, 0.2) is 0 Å². The summed E-state index contributed by atoms with van der Waals surface area (Å²) in [5, 5.41) is 14.2. The Labute approximate surface area is 107 Å². The van der Waals surface area contributed by atoms with Gasteiger partial charge in [0.25, 0.3) is 0 Å². The van der Waals surface area contributed by atoms with E-state index in [9.17, 15) is 9.59 Å². The Kier molecular flexibility index (Phi) is 7.03. The molecule has 0 aromatic carbocycles. The lowest BCUT2D eigenvalue weighted by atomic mass is 9.94. The minimum Gasteiger partial charge on any atom is -0.481 e. The molecule has 0 heterocycles. The fourth-order valence-electron chi connectivity index (χ4n) is 1.05. The van der Waals surface area contributed by atoms with Gasteiger partial charge in [-0.1, -0.05) is 6.92 Å². The van der Waals surface area contributed by atoms with Crippen molar-refractivity contribution >= 4 is 23.8 Å². The maximum absolute atomic E-state index is 11.4. The second-order valence-electron chi connectivity index (χ2n) is 4.81. The number of hydrogen-bond acceptors (Lipinski definition) is 3. The molecule has 100 valence electrons. The van der Waals surface area contributed by atoms with Crippen molar-refractivity contribution in [1.29, 1.82) is 0 Å². The van der Waals surface area contributed by atoms with Gasteiger partial charge in [0.05, 0.1) is 5.41 Å². The van der Waals surface area contributed by atoms with E-state index in [1.54, 1.807) is 25.6 Å². The zero-order chi connectivity index (χ0) is 13.5. The van der Waals surface area contributed by atoms with E-state index in [0.717, 1.165) is 5.75 Å². The summed E-state index contributed by atoms with van der Waals surface area (Å²) in [6.07, 6.45) is 2.02. The zero-order valence-electron chi connectivity index (χ0n) is 10.9. The largest absolute Gasteiger partial charge is 0.481 e. The topological polar surface area (TPSA) is 78.4 Å². The third-order valence-corrected chi connectivity index (χ3v) is 3.23. The van der Waals surface area contributed by atoms with Crippen molar-refractivity contribution in [2.45, 2.75) is 20.8 Å². The van der Waals surface area contributed by atoms with Gasteiger partial charge in [0.1, 0.15) is 0 Å². The molecule has 17 heavy (non-hydrogen) atoms. The second kappa shape index (κ2) is 7.42. The predicted molar refractivity (Wildman–Crippen MR) is 70.4 cm³/mol. The first-order valence-corrected chi connectivity index (χ1v) is 6.93. The lowest BCUT2D eigenvalue weighted by molar-refractivity contribution is -0.146. The van der Waals surface area contributed by atoms with Gasteiger partial charge in [-0.05, 0) is 31.8 Å². The SMILES string of the molecule is CSCC(C)CNC(=O)NCC(C)(C)C(=O)O. The summed E-state index contributed by atoms with van der Waals surface area (Å²) in [6.45, 7) is 5.92. The molecule has 0 spiro atoms. The molecule has 0 aliphatic carbocycles. The monoisotopic (exact) mass is 262 g/mol. The molecule has 0 aliphatic rings. The fraction of sp³-hybridized carbons (Fsp3) is 0.818. The van der Waals surface area contributed by atoms with E-state index in [-0.39, 0.29) is 12.6 Å². The Bertz CT molecular complexity index is 269. The van der Waals surface area contributed by atoms with Crippen LogP contribution < -0.4 is 10.6 Å². The molecule has 0 fully saturated rings. The lowest BCUT2D eigenvalue weighted by Gasteiger charge is -2.20. The number of hydrogen-bond donors (Lipinski definition) is 3. The molecule has 0 bridgehead atoms. The minimum atomic E-state index is -0.942. The molecule has 0 aromatic heterocycles. The predicted octanol–water partition coefficient (Wildman–Crippen LogP) is 1.40. The van der Waals surface area contributed by atoms with Crippen LogP contribution in [-0.2, 0) is 4.79 Å². The van der Waals surface area contributed by atoms with E-state index in [1.807, 2.05) is 6.26 Å². The van der Waals surface area contributed by atoms with Crippen LogP contribution >= 0.6 is 11.8 Å². The van der Waals surface area contributed by atoms with Crippen molar-refractivity contribution in [1.82, 2.24) is 10.6 Å². The Morgan fingerprint density at radius 3 is 2.41 bits per heavy atom. The average molecular weight is 262 g/mol. The number of nitrogens with one attached hydrogen (secondary N) is 2. The highest BCUT2D eigenvalue weighted by atomic mass is 32.2. The molecular weight excluding hydrogens is 240 g/mol. The van der Waals surface area contributed by atoms with Gasteiger partial charge in [-0.3, -0.25) is 4.79 Å². The summed E-state index contributed by atoms with van der Waals surface area (Å²) in [5.41, 5.74) is -0.942. The lowest BCUT2D eigenvalue weighted by Crippen LogP contribution is -2.44. The molecular formula is C11H22N2O3S. The van der Waals surface area contributed by atoms with Crippen LogP contribution in [0.1, 0.15) is 20.8 Å². The molecule has 0 saturated carbocycles.